The summed E-state index contributed by atoms with van der Waals surface area (Å²) in [5.41, 5.74) is -0.597. The second kappa shape index (κ2) is 2.75. The van der Waals surface area contributed by atoms with Gasteiger partial charge < -0.3 is 0 Å². The van der Waals surface area contributed by atoms with Gasteiger partial charge in [0.2, 0.25) is 0 Å². The highest BCUT2D eigenvalue weighted by Gasteiger charge is 2.12. The molecule has 0 bridgehead atoms. The van der Waals surface area contributed by atoms with Crippen LogP contribution in [0.15, 0.2) is 12.3 Å². The molecule has 0 N–H and O–H groups in total. The molecule has 6 nitrogen and oxygen atoms in total. The number of hydrogen-bond donors (Lipinski definition) is 0. The Labute approximate surface area is 50.1 Å². The molecule has 0 aromatic heterocycles. The van der Waals surface area contributed by atoms with Crippen LogP contribution < -0.4 is 0 Å². The molecule has 0 atom stereocenters. The quantitative estimate of drug-likeness (QED) is 0.401. The molecular formula is C3H4N2O4. The van der Waals surface area contributed by atoms with E-state index in [1.54, 1.807) is 0 Å². The van der Waals surface area contributed by atoms with Gasteiger partial charge in [0.15, 0.2) is 0 Å². The van der Waals surface area contributed by atoms with Crippen molar-refractivity contribution in [3.8, 4) is 0 Å². The summed E-state index contributed by atoms with van der Waals surface area (Å²) in [6.45, 7) is 2.05. The van der Waals surface area contributed by atoms with Crippen molar-refractivity contribution in [2.45, 2.75) is 0 Å². The largest absolute Gasteiger partial charge is 0.309 e. The first-order valence-electron chi connectivity index (χ1n) is 1.98. The summed E-state index contributed by atoms with van der Waals surface area (Å²) in [5.74, 6) is 0. The first-order chi connectivity index (χ1) is 4.04. The summed E-state index contributed by atoms with van der Waals surface area (Å²) in [5, 5.41) is 19.2. The standard InChI is InChI=1S/C3H4N2O4/c1-3(5(8)9)2-4(6)7/h1-2H2. The summed E-state index contributed by atoms with van der Waals surface area (Å²) in [4.78, 5) is 17.5. The van der Waals surface area contributed by atoms with E-state index in [2.05, 4.69) is 6.58 Å². The lowest BCUT2D eigenvalue weighted by Crippen LogP contribution is -2.09. The molecular weight excluding hydrogens is 128 g/mol. The maximum atomic E-state index is 9.64. The number of hydrogen-bond acceptors (Lipinski definition) is 4. The number of nitro groups is 2. The van der Waals surface area contributed by atoms with Gasteiger partial charge in [-0.1, -0.05) is 0 Å². The van der Waals surface area contributed by atoms with Crippen LogP contribution in [0.25, 0.3) is 0 Å². The molecule has 0 saturated carbocycles. The molecule has 0 radical (unpaired) electrons. The molecule has 0 fully saturated rings. The fourth-order valence-corrected chi connectivity index (χ4v) is 0.207. The maximum Gasteiger partial charge on any atom is 0.309 e. The second-order valence-electron chi connectivity index (χ2n) is 1.31. The third-order valence-corrected chi connectivity index (χ3v) is 0.570. The van der Waals surface area contributed by atoms with Gasteiger partial charge in [-0.05, 0) is 6.58 Å². The second-order valence-corrected chi connectivity index (χ2v) is 1.31. The van der Waals surface area contributed by atoms with Crippen molar-refractivity contribution in [3.63, 3.8) is 0 Å². The van der Waals surface area contributed by atoms with Gasteiger partial charge in [-0.15, -0.1) is 0 Å². The van der Waals surface area contributed by atoms with E-state index in [9.17, 15) is 20.2 Å². The van der Waals surface area contributed by atoms with Crippen molar-refractivity contribution in [2.24, 2.45) is 0 Å². The Morgan fingerprint density at radius 1 is 1.44 bits per heavy atom. The van der Waals surface area contributed by atoms with Gasteiger partial charge in [0.25, 0.3) is 6.54 Å². The third-order valence-electron chi connectivity index (χ3n) is 0.570. The lowest BCUT2D eigenvalue weighted by Gasteiger charge is -1.86. The van der Waals surface area contributed by atoms with Gasteiger partial charge in [0.1, 0.15) is 0 Å². The van der Waals surface area contributed by atoms with Crippen LogP contribution in [0.4, 0.5) is 0 Å². The van der Waals surface area contributed by atoms with Crippen molar-refractivity contribution in [1.82, 2.24) is 0 Å². The summed E-state index contributed by atoms with van der Waals surface area (Å²) in [7, 11) is 0. The normalized spacial score (nSPS) is 8.44. The SMILES string of the molecule is C=C(C[N+](=O)[O-])[N+](=O)[O-]. The molecule has 0 unspecified atom stereocenters. The molecule has 0 aromatic rings. The van der Waals surface area contributed by atoms with E-state index in [0.29, 0.717) is 0 Å². The van der Waals surface area contributed by atoms with Crippen molar-refractivity contribution in [2.75, 3.05) is 6.54 Å². The fraction of sp³-hybridized carbons (Fsp3) is 0.333. The maximum absolute atomic E-state index is 9.64. The van der Waals surface area contributed by atoms with Gasteiger partial charge in [-0.3, -0.25) is 20.2 Å². The molecule has 0 amide bonds. The average Bonchev–Trinajstić information content (AvgIpc) is 1.63. The van der Waals surface area contributed by atoms with Crippen molar-refractivity contribution in [3.05, 3.63) is 32.5 Å². The van der Waals surface area contributed by atoms with Crippen LogP contribution in [0.3, 0.4) is 0 Å². The number of nitrogens with zero attached hydrogens (tertiary/aromatic N) is 2. The summed E-state index contributed by atoms with van der Waals surface area (Å²) < 4.78 is 0. The zero-order chi connectivity index (χ0) is 7.44. The van der Waals surface area contributed by atoms with Gasteiger partial charge in [-0.25, -0.2) is 0 Å². The van der Waals surface area contributed by atoms with E-state index in [1.165, 1.54) is 0 Å². The van der Waals surface area contributed by atoms with Crippen LogP contribution >= 0.6 is 0 Å². The van der Waals surface area contributed by atoms with Crippen LogP contribution in [0.1, 0.15) is 0 Å². The zero-order valence-electron chi connectivity index (χ0n) is 4.44. The minimum atomic E-state index is -0.872. The molecule has 0 spiro atoms. The lowest BCUT2D eigenvalue weighted by atomic mass is 10.5. The minimum absolute atomic E-state index is 0.597. The molecule has 0 saturated heterocycles. The summed E-state index contributed by atoms with van der Waals surface area (Å²) in [6, 6.07) is 0. The highest BCUT2D eigenvalue weighted by Crippen LogP contribution is 1.89. The van der Waals surface area contributed by atoms with Gasteiger partial charge in [-0.2, -0.15) is 0 Å². The Morgan fingerprint density at radius 2 is 1.89 bits per heavy atom. The topological polar surface area (TPSA) is 86.3 Å². The Hall–Kier alpha value is -1.46. The van der Waals surface area contributed by atoms with Crippen LogP contribution in [0, 0.1) is 20.2 Å². The highest BCUT2D eigenvalue weighted by atomic mass is 16.6. The molecule has 6 heteroatoms. The lowest BCUT2D eigenvalue weighted by molar-refractivity contribution is -0.519. The van der Waals surface area contributed by atoms with Gasteiger partial charge in [0, 0.05) is 4.92 Å². The Morgan fingerprint density at radius 3 is 2.00 bits per heavy atom. The van der Waals surface area contributed by atoms with Gasteiger partial charge >= 0.3 is 5.70 Å². The van der Waals surface area contributed by atoms with E-state index < -0.39 is 22.1 Å². The van der Waals surface area contributed by atoms with E-state index in [4.69, 9.17) is 0 Å². The molecule has 0 aliphatic carbocycles. The molecule has 0 aliphatic heterocycles. The Balaban J connectivity index is 3.79. The van der Waals surface area contributed by atoms with E-state index in [0.717, 1.165) is 0 Å². The van der Waals surface area contributed by atoms with Crippen molar-refractivity contribution < 1.29 is 9.85 Å². The Kier molecular flexibility index (Phi) is 2.31. The predicted octanol–water partition coefficient (Wildman–Crippen LogP) is 0.0535. The zero-order valence-corrected chi connectivity index (χ0v) is 4.44. The molecule has 0 heterocycles. The molecule has 50 valence electrons. The summed E-state index contributed by atoms with van der Waals surface area (Å²) in [6.07, 6.45) is 0. The van der Waals surface area contributed by atoms with E-state index >= 15 is 0 Å². The smallest absolute Gasteiger partial charge is 0.264 e. The third kappa shape index (κ3) is 3.15. The van der Waals surface area contributed by atoms with Crippen molar-refractivity contribution in [1.29, 1.82) is 0 Å². The molecule has 0 aromatic carbocycles. The fourth-order valence-electron chi connectivity index (χ4n) is 0.207. The highest BCUT2D eigenvalue weighted by molar-refractivity contribution is 4.78. The van der Waals surface area contributed by atoms with Crippen LogP contribution in [0.5, 0.6) is 0 Å². The first kappa shape index (κ1) is 7.54. The average molecular weight is 132 g/mol. The van der Waals surface area contributed by atoms with Crippen molar-refractivity contribution >= 4 is 0 Å². The van der Waals surface area contributed by atoms with Crippen LogP contribution in [-0.2, 0) is 0 Å². The Bertz CT molecular complexity index is 163. The predicted molar refractivity (Wildman–Crippen MR) is 28.0 cm³/mol. The minimum Gasteiger partial charge on any atom is -0.264 e. The molecule has 9 heavy (non-hydrogen) atoms. The number of rotatable bonds is 3. The van der Waals surface area contributed by atoms with Crippen LogP contribution in [0.2, 0.25) is 0 Å². The van der Waals surface area contributed by atoms with Crippen LogP contribution in [-0.4, -0.2) is 16.4 Å². The molecule has 0 aliphatic rings. The first-order valence-corrected chi connectivity index (χ1v) is 1.98. The summed E-state index contributed by atoms with van der Waals surface area (Å²) >= 11 is 0. The molecule has 0 rings (SSSR count). The van der Waals surface area contributed by atoms with E-state index in [1.807, 2.05) is 0 Å². The van der Waals surface area contributed by atoms with E-state index in [-0.39, 0.29) is 0 Å². The van der Waals surface area contributed by atoms with Gasteiger partial charge in [0.05, 0.1) is 4.92 Å². The monoisotopic (exact) mass is 132 g/mol.